The van der Waals surface area contributed by atoms with Crippen molar-refractivity contribution in [2.45, 2.75) is 57.5 Å². The SMILES string of the molecule is C[C@]12CC[C@@H]3c4ccc(-n5c6ccccc6c6ccccc65)cc4CC[C@H]3[C@@H]1CCC2Oc1ccc2c(c1)c1ccccc1n2-c1ccccc1. The Bertz CT molecular complexity index is 2570. The van der Waals surface area contributed by atoms with Crippen LogP contribution >= 0.6 is 0 Å². The zero-order valence-electron chi connectivity index (χ0n) is 29.1. The summed E-state index contributed by atoms with van der Waals surface area (Å²) in [6, 6.07) is 51.4. The highest BCUT2D eigenvalue weighted by atomic mass is 16.5. The van der Waals surface area contributed by atoms with Gasteiger partial charge in [-0.3, -0.25) is 0 Å². The van der Waals surface area contributed by atoms with E-state index in [0.717, 1.165) is 18.1 Å². The van der Waals surface area contributed by atoms with E-state index in [-0.39, 0.29) is 11.5 Å². The Balaban J connectivity index is 0.889. The summed E-state index contributed by atoms with van der Waals surface area (Å²) < 4.78 is 11.9. The fraction of sp³-hybridized carbons (Fsp3) is 0.250. The van der Waals surface area contributed by atoms with Crippen LogP contribution in [0.2, 0.25) is 0 Å². The van der Waals surface area contributed by atoms with E-state index in [2.05, 4.69) is 156 Å². The van der Waals surface area contributed by atoms with Gasteiger partial charge in [-0.15, -0.1) is 0 Å². The van der Waals surface area contributed by atoms with Gasteiger partial charge in [0.25, 0.3) is 0 Å². The van der Waals surface area contributed by atoms with Gasteiger partial charge in [0.15, 0.2) is 0 Å². The number of ether oxygens (including phenoxy) is 1. The van der Waals surface area contributed by atoms with Crippen molar-refractivity contribution in [2.75, 3.05) is 0 Å². The smallest absolute Gasteiger partial charge is 0.120 e. The van der Waals surface area contributed by atoms with Crippen molar-refractivity contribution in [1.29, 1.82) is 0 Å². The van der Waals surface area contributed by atoms with Gasteiger partial charge >= 0.3 is 0 Å². The van der Waals surface area contributed by atoms with Crippen LogP contribution in [0.25, 0.3) is 55.0 Å². The second-order valence-corrected chi connectivity index (χ2v) is 15.8. The molecule has 3 aliphatic rings. The predicted octanol–water partition coefficient (Wildman–Crippen LogP) is 12.2. The lowest BCUT2D eigenvalue weighted by Gasteiger charge is -2.50. The molecule has 5 atom stereocenters. The molecule has 3 aliphatic carbocycles. The Morgan fingerprint density at radius 2 is 1.18 bits per heavy atom. The first-order chi connectivity index (χ1) is 25.2. The normalized spacial score (nSPS) is 24.2. The maximum absolute atomic E-state index is 7.08. The van der Waals surface area contributed by atoms with E-state index in [0.29, 0.717) is 11.8 Å². The largest absolute Gasteiger partial charge is 0.490 e. The Hall–Kier alpha value is -5.28. The summed E-state index contributed by atoms with van der Waals surface area (Å²) in [6.07, 6.45) is 7.60. The van der Waals surface area contributed by atoms with E-state index in [1.807, 2.05) is 0 Å². The van der Waals surface area contributed by atoms with E-state index in [9.17, 15) is 0 Å². The molecule has 11 rings (SSSR count). The molecule has 8 aromatic rings. The summed E-state index contributed by atoms with van der Waals surface area (Å²) >= 11 is 0. The number of hydrogen-bond acceptors (Lipinski definition) is 1. The van der Waals surface area contributed by atoms with Gasteiger partial charge in [-0.1, -0.05) is 85.8 Å². The number of rotatable bonds is 4. The van der Waals surface area contributed by atoms with E-state index in [1.165, 1.54) is 87.1 Å². The van der Waals surface area contributed by atoms with Gasteiger partial charge in [0, 0.05) is 38.3 Å². The van der Waals surface area contributed by atoms with Crippen LogP contribution in [0, 0.1) is 17.3 Å². The van der Waals surface area contributed by atoms with Crippen LogP contribution in [0.1, 0.15) is 56.1 Å². The van der Waals surface area contributed by atoms with E-state index < -0.39 is 0 Å². The maximum Gasteiger partial charge on any atom is 0.120 e. The van der Waals surface area contributed by atoms with Crippen molar-refractivity contribution in [3.05, 3.63) is 151 Å². The molecule has 0 radical (unpaired) electrons. The molecule has 3 nitrogen and oxygen atoms in total. The molecule has 0 amide bonds. The van der Waals surface area contributed by atoms with Gasteiger partial charge in [-0.25, -0.2) is 0 Å². The number of aromatic nitrogens is 2. The van der Waals surface area contributed by atoms with Crippen LogP contribution in [-0.2, 0) is 6.42 Å². The number of benzene rings is 6. The van der Waals surface area contributed by atoms with Crippen LogP contribution in [0.4, 0.5) is 0 Å². The summed E-state index contributed by atoms with van der Waals surface area (Å²) in [5.41, 5.74) is 10.9. The summed E-state index contributed by atoms with van der Waals surface area (Å²) in [6.45, 7) is 2.56. The Morgan fingerprint density at radius 1 is 0.549 bits per heavy atom. The molecular formula is C48H42N2O. The van der Waals surface area contributed by atoms with Crippen molar-refractivity contribution in [3.63, 3.8) is 0 Å². The third-order valence-electron chi connectivity index (χ3n) is 13.4. The molecule has 2 fully saturated rings. The van der Waals surface area contributed by atoms with Gasteiger partial charge in [-0.2, -0.15) is 0 Å². The van der Waals surface area contributed by atoms with Gasteiger partial charge in [0.05, 0.1) is 22.1 Å². The Kier molecular flexibility index (Phi) is 6.41. The quantitative estimate of drug-likeness (QED) is 0.184. The first kappa shape index (κ1) is 29.5. The second kappa shape index (κ2) is 11.1. The minimum atomic E-state index is 0.203. The summed E-state index contributed by atoms with van der Waals surface area (Å²) in [5.74, 6) is 3.10. The van der Waals surface area contributed by atoms with Gasteiger partial charge < -0.3 is 13.9 Å². The number of nitrogens with zero attached hydrogens (tertiary/aromatic N) is 2. The number of fused-ring (bicyclic) bond motifs is 11. The zero-order chi connectivity index (χ0) is 33.7. The monoisotopic (exact) mass is 662 g/mol. The topological polar surface area (TPSA) is 19.1 Å². The standard InChI is InChI=1S/C48H42N2O/c1-48-28-27-36-35-23-20-33(50-43-16-8-5-13-38(43)39-14-6-9-17-44(39)50)29-31(35)19-22-37(36)42(48)24-26-47(48)51-34-21-25-46-41(30-34)40-15-7-10-18-45(40)49(46)32-11-3-2-4-12-32/h2-18,20-21,23,25,29-30,36-37,42,47H,19,22,24,26-28H2,1H3/t36-,37-,42+,47?,48+/m1/s1. The Morgan fingerprint density at radius 3 is 1.90 bits per heavy atom. The second-order valence-electron chi connectivity index (χ2n) is 15.8. The molecule has 2 aromatic heterocycles. The van der Waals surface area contributed by atoms with Gasteiger partial charge in [-0.05, 0) is 128 Å². The third-order valence-corrected chi connectivity index (χ3v) is 13.4. The van der Waals surface area contributed by atoms with Crippen molar-refractivity contribution in [1.82, 2.24) is 9.13 Å². The molecule has 0 saturated heterocycles. The molecule has 51 heavy (non-hydrogen) atoms. The zero-order valence-corrected chi connectivity index (χ0v) is 29.1. The molecule has 2 heterocycles. The lowest BCUT2D eigenvalue weighted by Crippen LogP contribution is -2.45. The average molecular weight is 663 g/mol. The lowest BCUT2D eigenvalue weighted by molar-refractivity contribution is -0.0106. The van der Waals surface area contributed by atoms with Crippen molar-refractivity contribution < 1.29 is 4.74 Å². The Labute approximate surface area is 299 Å². The molecule has 0 N–H and O–H groups in total. The first-order valence-electron chi connectivity index (χ1n) is 19.0. The van der Waals surface area contributed by atoms with Gasteiger partial charge in [0.1, 0.15) is 11.9 Å². The number of hydrogen-bond donors (Lipinski definition) is 0. The lowest BCUT2D eigenvalue weighted by atomic mass is 9.55. The highest BCUT2D eigenvalue weighted by molar-refractivity contribution is 6.10. The van der Waals surface area contributed by atoms with Crippen molar-refractivity contribution in [3.8, 4) is 17.1 Å². The minimum absolute atomic E-state index is 0.203. The van der Waals surface area contributed by atoms with E-state index in [4.69, 9.17) is 4.74 Å². The first-order valence-corrected chi connectivity index (χ1v) is 19.0. The molecule has 0 aliphatic heterocycles. The van der Waals surface area contributed by atoms with Crippen LogP contribution in [0.15, 0.2) is 140 Å². The van der Waals surface area contributed by atoms with Crippen molar-refractivity contribution >= 4 is 43.6 Å². The predicted molar refractivity (Wildman–Crippen MR) is 211 cm³/mol. The molecule has 0 bridgehead atoms. The third kappa shape index (κ3) is 4.30. The van der Waals surface area contributed by atoms with Crippen LogP contribution in [0.3, 0.4) is 0 Å². The molecule has 2 saturated carbocycles. The fourth-order valence-corrected chi connectivity index (χ4v) is 11.1. The number of aryl methyl sites for hydroxylation is 1. The van der Waals surface area contributed by atoms with Crippen molar-refractivity contribution in [2.24, 2.45) is 17.3 Å². The van der Waals surface area contributed by atoms with Crippen LogP contribution in [0.5, 0.6) is 5.75 Å². The summed E-state index contributed by atoms with van der Waals surface area (Å²) in [5, 5.41) is 5.20. The van der Waals surface area contributed by atoms with Gasteiger partial charge in [0.2, 0.25) is 0 Å². The molecule has 250 valence electrons. The molecule has 0 spiro atoms. The van der Waals surface area contributed by atoms with Crippen LogP contribution < -0.4 is 4.74 Å². The average Bonchev–Trinajstić information content (AvgIpc) is 3.82. The summed E-state index contributed by atoms with van der Waals surface area (Å²) in [7, 11) is 0. The van der Waals surface area contributed by atoms with Crippen LogP contribution in [-0.4, -0.2) is 15.2 Å². The molecule has 6 aromatic carbocycles. The maximum atomic E-state index is 7.08. The summed E-state index contributed by atoms with van der Waals surface area (Å²) in [4.78, 5) is 0. The highest BCUT2D eigenvalue weighted by Crippen LogP contribution is 2.61. The molecule has 1 unspecified atom stereocenters. The van der Waals surface area contributed by atoms with E-state index in [1.54, 1.807) is 11.1 Å². The number of para-hydroxylation sites is 4. The van der Waals surface area contributed by atoms with E-state index >= 15 is 0 Å². The fourth-order valence-electron chi connectivity index (χ4n) is 11.1. The minimum Gasteiger partial charge on any atom is -0.490 e. The molecular weight excluding hydrogens is 621 g/mol. The molecule has 3 heteroatoms. The highest BCUT2D eigenvalue weighted by Gasteiger charge is 2.56.